The fourth-order valence-corrected chi connectivity index (χ4v) is 2.65. The van der Waals surface area contributed by atoms with E-state index in [-0.39, 0.29) is 11.9 Å². The predicted octanol–water partition coefficient (Wildman–Crippen LogP) is 4.73. The summed E-state index contributed by atoms with van der Waals surface area (Å²) >= 11 is 0. The van der Waals surface area contributed by atoms with Crippen molar-refractivity contribution >= 4 is 22.8 Å². The van der Waals surface area contributed by atoms with Crippen molar-refractivity contribution in [2.24, 2.45) is 0 Å². The van der Waals surface area contributed by atoms with Crippen LogP contribution in [0.15, 0.2) is 78.9 Å². The Morgan fingerprint density at radius 1 is 0.913 bits per heavy atom. The molecule has 0 spiro atoms. The minimum atomic E-state index is -0.0886. The molecular formula is C21H19NO. The fourth-order valence-electron chi connectivity index (χ4n) is 2.65. The molecular weight excluding hydrogens is 282 g/mol. The third-order valence-electron chi connectivity index (χ3n) is 3.90. The van der Waals surface area contributed by atoms with Crippen LogP contribution in [0.1, 0.15) is 24.1 Å². The smallest absolute Gasteiger partial charge is 0.244 e. The zero-order chi connectivity index (χ0) is 16.1. The number of hydrogen-bond donors (Lipinski definition) is 1. The topological polar surface area (TPSA) is 29.1 Å². The second-order valence-corrected chi connectivity index (χ2v) is 5.54. The Morgan fingerprint density at radius 2 is 1.61 bits per heavy atom. The molecule has 0 aliphatic carbocycles. The third-order valence-corrected chi connectivity index (χ3v) is 3.90. The molecule has 3 aromatic carbocycles. The molecule has 3 aromatic rings. The van der Waals surface area contributed by atoms with E-state index in [0.717, 1.165) is 16.5 Å². The van der Waals surface area contributed by atoms with E-state index in [4.69, 9.17) is 0 Å². The molecule has 23 heavy (non-hydrogen) atoms. The van der Waals surface area contributed by atoms with Crippen LogP contribution < -0.4 is 5.32 Å². The summed E-state index contributed by atoms with van der Waals surface area (Å²) in [7, 11) is 0. The first-order valence-electron chi connectivity index (χ1n) is 7.75. The highest BCUT2D eigenvalue weighted by Gasteiger charge is 2.06. The highest BCUT2D eigenvalue weighted by Crippen LogP contribution is 2.19. The standard InChI is InChI=1S/C21H19NO/c1-16(17-8-3-2-4-9-17)22-21(23)15-14-19-12-7-11-18-10-5-6-13-20(18)19/h2-16H,1H3,(H,22,23)/b15-14+/t16-/m1/s1. The zero-order valence-electron chi connectivity index (χ0n) is 13.1. The summed E-state index contributed by atoms with van der Waals surface area (Å²) in [6.45, 7) is 1.99. The van der Waals surface area contributed by atoms with Gasteiger partial charge in [-0.2, -0.15) is 0 Å². The van der Waals surface area contributed by atoms with Crippen LogP contribution in [0.25, 0.3) is 16.8 Å². The summed E-state index contributed by atoms with van der Waals surface area (Å²) in [6, 6.07) is 24.2. The number of carbonyl (C=O) groups is 1. The number of carbonyl (C=O) groups excluding carboxylic acids is 1. The Balaban J connectivity index is 1.73. The lowest BCUT2D eigenvalue weighted by atomic mass is 10.0. The minimum absolute atomic E-state index is 0.0131. The van der Waals surface area contributed by atoms with Gasteiger partial charge in [0, 0.05) is 6.08 Å². The Bertz CT molecular complexity index is 831. The molecule has 114 valence electrons. The highest BCUT2D eigenvalue weighted by molar-refractivity contribution is 5.96. The average molecular weight is 301 g/mol. The third kappa shape index (κ3) is 3.67. The Labute approximate surface area is 136 Å². The summed E-state index contributed by atoms with van der Waals surface area (Å²) in [5.41, 5.74) is 2.14. The van der Waals surface area contributed by atoms with Crippen molar-refractivity contribution in [1.29, 1.82) is 0 Å². The van der Waals surface area contributed by atoms with Crippen molar-refractivity contribution in [1.82, 2.24) is 5.32 Å². The maximum atomic E-state index is 12.1. The summed E-state index contributed by atoms with van der Waals surface area (Å²) in [5, 5.41) is 5.31. The average Bonchev–Trinajstić information content (AvgIpc) is 2.60. The quantitative estimate of drug-likeness (QED) is 0.693. The van der Waals surface area contributed by atoms with E-state index in [1.807, 2.05) is 67.6 Å². The van der Waals surface area contributed by atoms with Crippen LogP contribution >= 0.6 is 0 Å². The molecule has 0 saturated heterocycles. The van der Waals surface area contributed by atoms with Gasteiger partial charge >= 0.3 is 0 Å². The molecule has 3 rings (SSSR count). The summed E-state index contributed by atoms with van der Waals surface area (Å²) in [4.78, 5) is 12.1. The van der Waals surface area contributed by atoms with Gasteiger partial charge < -0.3 is 5.32 Å². The largest absolute Gasteiger partial charge is 0.346 e. The number of nitrogens with one attached hydrogen (secondary N) is 1. The van der Waals surface area contributed by atoms with Gasteiger partial charge in [0.25, 0.3) is 0 Å². The van der Waals surface area contributed by atoms with E-state index < -0.39 is 0 Å². The summed E-state index contributed by atoms with van der Waals surface area (Å²) in [6.07, 6.45) is 3.47. The maximum Gasteiger partial charge on any atom is 0.244 e. The van der Waals surface area contributed by atoms with E-state index in [9.17, 15) is 4.79 Å². The molecule has 0 aliphatic rings. The molecule has 2 nitrogen and oxygen atoms in total. The van der Waals surface area contributed by atoms with E-state index in [2.05, 4.69) is 23.5 Å². The van der Waals surface area contributed by atoms with Crippen LogP contribution in [-0.2, 0) is 4.79 Å². The van der Waals surface area contributed by atoms with Crippen LogP contribution in [0.2, 0.25) is 0 Å². The highest BCUT2D eigenvalue weighted by atomic mass is 16.1. The van der Waals surface area contributed by atoms with Crippen molar-refractivity contribution in [2.45, 2.75) is 13.0 Å². The van der Waals surface area contributed by atoms with E-state index in [1.54, 1.807) is 6.08 Å². The van der Waals surface area contributed by atoms with Crippen LogP contribution in [0.5, 0.6) is 0 Å². The van der Waals surface area contributed by atoms with Gasteiger partial charge in [-0.3, -0.25) is 4.79 Å². The molecule has 0 unspecified atom stereocenters. The number of hydrogen-bond acceptors (Lipinski definition) is 1. The maximum absolute atomic E-state index is 12.1. The molecule has 2 heteroatoms. The lowest BCUT2D eigenvalue weighted by Crippen LogP contribution is -2.24. The number of amides is 1. The summed E-state index contributed by atoms with van der Waals surface area (Å²) < 4.78 is 0. The van der Waals surface area contributed by atoms with Crippen LogP contribution in [0.4, 0.5) is 0 Å². The molecule has 0 heterocycles. The van der Waals surface area contributed by atoms with Gasteiger partial charge in [-0.15, -0.1) is 0 Å². The Kier molecular flexibility index (Phi) is 4.53. The second-order valence-electron chi connectivity index (χ2n) is 5.54. The first-order valence-corrected chi connectivity index (χ1v) is 7.75. The van der Waals surface area contributed by atoms with Gasteiger partial charge in [0.05, 0.1) is 6.04 Å². The molecule has 1 N–H and O–H groups in total. The van der Waals surface area contributed by atoms with Crippen molar-refractivity contribution < 1.29 is 4.79 Å². The SMILES string of the molecule is C[C@@H](NC(=O)/C=C/c1cccc2ccccc12)c1ccccc1. The molecule has 1 amide bonds. The molecule has 0 radical (unpaired) electrons. The lowest BCUT2D eigenvalue weighted by molar-refractivity contribution is -0.117. The van der Waals surface area contributed by atoms with Gasteiger partial charge in [-0.25, -0.2) is 0 Å². The second kappa shape index (κ2) is 6.93. The molecule has 0 bridgehead atoms. The first-order chi connectivity index (χ1) is 11.2. The Hall–Kier alpha value is -2.87. The van der Waals surface area contributed by atoms with Crippen molar-refractivity contribution in [3.05, 3.63) is 90.0 Å². The van der Waals surface area contributed by atoms with Gasteiger partial charge in [-0.05, 0) is 34.9 Å². The fraction of sp³-hybridized carbons (Fsp3) is 0.0952. The summed E-state index contributed by atoms with van der Waals surface area (Å²) in [5.74, 6) is -0.0886. The lowest BCUT2D eigenvalue weighted by Gasteiger charge is -2.12. The molecule has 0 aliphatic heterocycles. The van der Waals surface area contributed by atoms with Crippen LogP contribution in [0.3, 0.4) is 0 Å². The van der Waals surface area contributed by atoms with Gasteiger partial charge in [0.1, 0.15) is 0 Å². The monoisotopic (exact) mass is 301 g/mol. The number of fused-ring (bicyclic) bond motifs is 1. The van der Waals surface area contributed by atoms with Gasteiger partial charge in [0.15, 0.2) is 0 Å². The number of rotatable bonds is 4. The number of benzene rings is 3. The molecule has 1 atom stereocenters. The molecule has 0 saturated carbocycles. The first kappa shape index (κ1) is 15.0. The molecule has 0 fully saturated rings. The van der Waals surface area contributed by atoms with E-state index in [1.165, 1.54) is 5.39 Å². The molecule has 0 aromatic heterocycles. The Morgan fingerprint density at radius 3 is 2.43 bits per heavy atom. The van der Waals surface area contributed by atoms with Crippen LogP contribution in [0, 0.1) is 0 Å². The normalized spacial score (nSPS) is 12.4. The van der Waals surface area contributed by atoms with E-state index >= 15 is 0 Å². The van der Waals surface area contributed by atoms with Crippen LogP contribution in [-0.4, -0.2) is 5.91 Å². The van der Waals surface area contributed by atoms with Gasteiger partial charge in [0.2, 0.25) is 5.91 Å². The van der Waals surface area contributed by atoms with Crippen molar-refractivity contribution in [3.63, 3.8) is 0 Å². The predicted molar refractivity (Wildman–Crippen MR) is 96.0 cm³/mol. The van der Waals surface area contributed by atoms with Gasteiger partial charge in [-0.1, -0.05) is 72.8 Å². The van der Waals surface area contributed by atoms with Crippen molar-refractivity contribution in [2.75, 3.05) is 0 Å². The zero-order valence-corrected chi connectivity index (χ0v) is 13.1. The van der Waals surface area contributed by atoms with Crippen molar-refractivity contribution in [3.8, 4) is 0 Å². The minimum Gasteiger partial charge on any atom is -0.346 e. The van der Waals surface area contributed by atoms with E-state index in [0.29, 0.717) is 0 Å².